The van der Waals surface area contributed by atoms with Crippen LogP contribution in [0.25, 0.3) is 0 Å². The lowest BCUT2D eigenvalue weighted by molar-refractivity contribution is -0.143. The summed E-state index contributed by atoms with van der Waals surface area (Å²) in [5, 5.41) is 0. The third kappa shape index (κ3) is 1.73. The maximum absolute atomic E-state index is 11.0. The lowest BCUT2D eigenvalue weighted by Gasteiger charge is -2.31. The van der Waals surface area contributed by atoms with Crippen LogP contribution in [0, 0.1) is 11.3 Å². The number of hydrogen-bond acceptors (Lipinski definition) is 2. The zero-order chi connectivity index (χ0) is 11.3. The number of rotatable bonds is 1. The first-order chi connectivity index (χ1) is 6.81. The lowest BCUT2D eigenvalue weighted by atomic mass is 9.87. The van der Waals surface area contributed by atoms with Gasteiger partial charge in [0.2, 0.25) is 0 Å². The van der Waals surface area contributed by atoms with Crippen LogP contribution in [0.2, 0.25) is 0 Å². The van der Waals surface area contributed by atoms with Gasteiger partial charge in [0.1, 0.15) is 5.60 Å². The summed E-state index contributed by atoms with van der Waals surface area (Å²) >= 11 is 0. The van der Waals surface area contributed by atoms with E-state index in [-0.39, 0.29) is 5.60 Å². The van der Waals surface area contributed by atoms with E-state index in [1.165, 1.54) is 6.42 Å². The van der Waals surface area contributed by atoms with Crippen molar-refractivity contribution in [1.82, 2.24) is 0 Å². The van der Waals surface area contributed by atoms with Crippen LogP contribution in [-0.4, -0.2) is 17.5 Å². The van der Waals surface area contributed by atoms with Crippen molar-refractivity contribution in [2.75, 3.05) is 0 Å². The fraction of sp³-hybridized carbons (Fsp3) is 0.923. The molecule has 86 valence electrons. The first-order valence-corrected chi connectivity index (χ1v) is 5.97. The van der Waals surface area contributed by atoms with Crippen molar-refractivity contribution in [2.45, 2.75) is 64.6 Å². The highest BCUT2D eigenvalue weighted by Gasteiger charge is 2.56. The van der Waals surface area contributed by atoms with Gasteiger partial charge in [-0.1, -0.05) is 20.8 Å². The number of carbonyl (C=O) groups excluding carboxylic acids is 1. The minimum absolute atomic E-state index is 0.0147. The molecule has 1 saturated carbocycles. The maximum atomic E-state index is 11.0. The highest BCUT2D eigenvalue weighted by molar-refractivity contribution is 5.62. The molecule has 2 heteroatoms. The van der Waals surface area contributed by atoms with Crippen LogP contribution in [0.1, 0.15) is 53.4 Å². The summed E-state index contributed by atoms with van der Waals surface area (Å²) in [7, 11) is 0. The van der Waals surface area contributed by atoms with Crippen molar-refractivity contribution in [2.24, 2.45) is 11.3 Å². The van der Waals surface area contributed by atoms with Gasteiger partial charge in [0.15, 0.2) is 6.29 Å². The summed E-state index contributed by atoms with van der Waals surface area (Å²) < 4.78 is 6.13. The molecule has 0 radical (unpaired) electrons. The van der Waals surface area contributed by atoms with Crippen LogP contribution in [0.5, 0.6) is 0 Å². The second-order valence-corrected chi connectivity index (χ2v) is 6.54. The van der Waals surface area contributed by atoms with Crippen molar-refractivity contribution in [3.63, 3.8) is 0 Å². The molecule has 2 fully saturated rings. The molecule has 0 aromatic carbocycles. The van der Waals surface area contributed by atoms with Crippen molar-refractivity contribution in [1.29, 1.82) is 0 Å². The SMILES string of the molecule is CC1CC(C)(C)CC12CCC(C)(C=O)O2. The molecule has 1 aliphatic heterocycles. The largest absolute Gasteiger partial charge is 0.361 e. The Morgan fingerprint density at radius 3 is 2.33 bits per heavy atom. The molecule has 0 aromatic heterocycles. The first-order valence-electron chi connectivity index (χ1n) is 5.97. The predicted octanol–water partition coefficient (Wildman–Crippen LogP) is 2.95. The summed E-state index contributed by atoms with van der Waals surface area (Å²) in [6.45, 7) is 8.80. The van der Waals surface area contributed by atoms with Gasteiger partial charge in [-0.15, -0.1) is 0 Å². The molecule has 3 atom stereocenters. The number of ether oxygens (including phenoxy) is 1. The van der Waals surface area contributed by atoms with Gasteiger partial charge >= 0.3 is 0 Å². The maximum Gasteiger partial charge on any atom is 0.151 e. The third-order valence-electron chi connectivity index (χ3n) is 4.26. The van der Waals surface area contributed by atoms with E-state index in [9.17, 15) is 4.79 Å². The van der Waals surface area contributed by atoms with Gasteiger partial charge in [-0.25, -0.2) is 0 Å². The van der Waals surface area contributed by atoms with Crippen LogP contribution in [0.4, 0.5) is 0 Å². The van der Waals surface area contributed by atoms with Crippen molar-refractivity contribution < 1.29 is 9.53 Å². The Hall–Kier alpha value is -0.370. The summed E-state index contributed by atoms with van der Waals surface area (Å²) in [5.74, 6) is 0.578. The molecule has 0 aromatic rings. The highest BCUT2D eigenvalue weighted by Crippen LogP contribution is 2.56. The van der Waals surface area contributed by atoms with Crippen molar-refractivity contribution in [3.8, 4) is 0 Å². The molecule has 1 aliphatic carbocycles. The number of aldehydes is 1. The monoisotopic (exact) mass is 210 g/mol. The van der Waals surface area contributed by atoms with Crippen molar-refractivity contribution in [3.05, 3.63) is 0 Å². The molecule has 0 amide bonds. The zero-order valence-electron chi connectivity index (χ0n) is 10.3. The third-order valence-corrected chi connectivity index (χ3v) is 4.26. The van der Waals surface area contributed by atoms with E-state index in [1.807, 2.05) is 6.92 Å². The van der Waals surface area contributed by atoms with Crippen LogP contribution in [0.3, 0.4) is 0 Å². The molecule has 2 rings (SSSR count). The van der Waals surface area contributed by atoms with E-state index in [0.717, 1.165) is 25.5 Å². The Bertz CT molecular complexity index is 284. The van der Waals surface area contributed by atoms with Crippen molar-refractivity contribution >= 4 is 6.29 Å². The Morgan fingerprint density at radius 2 is 1.93 bits per heavy atom. The minimum Gasteiger partial charge on any atom is -0.361 e. The second kappa shape index (κ2) is 3.07. The Labute approximate surface area is 92.4 Å². The Balaban J connectivity index is 2.21. The lowest BCUT2D eigenvalue weighted by Crippen LogP contribution is -2.37. The van der Waals surface area contributed by atoms with E-state index in [1.54, 1.807) is 0 Å². The average Bonchev–Trinajstić information content (AvgIpc) is 2.54. The molecule has 3 unspecified atom stereocenters. The van der Waals surface area contributed by atoms with Gasteiger partial charge in [0.25, 0.3) is 0 Å². The van der Waals surface area contributed by atoms with Crippen LogP contribution in [0.15, 0.2) is 0 Å². The highest BCUT2D eigenvalue weighted by atomic mass is 16.5. The van der Waals surface area contributed by atoms with Gasteiger partial charge in [0.05, 0.1) is 5.60 Å². The smallest absolute Gasteiger partial charge is 0.151 e. The normalized spacial score (nSPS) is 48.7. The van der Waals surface area contributed by atoms with Gasteiger partial charge in [-0.3, -0.25) is 0 Å². The van der Waals surface area contributed by atoms with E-state index in [0.29, 0.717) is 11.3 Å². The number of carbonyl (C=O) groups is 1. The fourth-order valence-corrected chi connectivity index (χ4v) is 3.65. The molecule has 0 N–H and O–H groups in total. The predicted molar refractivity (Wildman–Crippen MR) is 59.7 cm³/mol. The molecular formula is C13H22O2. The van der Waals surface area contributed by atoms with E-state index in [2.05, 4.69) is 20.8 Å². The summed E-state index contributed by atoms with van der Waals surface area (Å²) in [6, 6.07) is 0. The molecule has 1 spiro atoms. The zero-order valence-corrected chi connectivity index (χ0v) is 10.3. The van der Waals surface area contributed by atoms with Crippen LogP contribution >= 0.6 is 0 Å². The summed E-state index contributed by atoms with van der Waals surface area (Å²) in [4.78, 5) is 11.0. The van der Waals surface area contributed by atoms with Gasteiger partial charge in [0, 0.05) is 0 Å². The summed E-state index contributed by atoms with van der Waals surface area (Å²) in [6.07, 6.45) is 5.23. The van der Waals surface area contributed by atoms with E-state index in [4.69, 9.17) is 4.74 Å². The van der Waals surface area contributed by atoms with Crippen LogP contribution < -0.4 is 0 Å². The minimum atomic E-state index is -0.519. The second-order valence-electron chi connectivity index (χ2n) is 6.54. The molecular weight excluding hydrogens is 188 g/mol. The molecule has 2 aliphatic rings. The van der Waals surface area contributed by atoms with Gasteiger partial charge in [-0.2, -0.15) is 0 Å². The average molecular weight is 210 g/mol. The standard InChI is InChI=1S/C13H22O2/c1-10-7-11(2,3)8-13(10)6-5-12(4,9-14)15-13/h9-10H,5-8H2,1-4H3. The molecule has 1 heterocycles. The molecule has 2 nitrogen and oxygen atoms in total. The fourth-order valence-electron chi connectivity index (χ4n) is 3.65. The molecule has 15 heavy (non-hydrogen) atoms. The van der Waals surface area contributed by atoms with Crippen LogP contribution in [-0.2, 0) is 9.53 Å². The number of hydrogen-bond donors (Lipinski definition) is 0. The quantitative estimate of drug-likeness (QED) is 0.622. The Morgan fingerprint density at radius 1 is 1.27 bits per heavy atom. The van der Waals surface area contributed by atoms with E-state index < -0.39 is 5.60 Å². The Kier molecular flexibility index (Phi) is 2.27. The molecule has 1 saturated heterocycles. The molecule has 0 bridgehead atoms. The van der Waals surface area contributed by atoms with E-state index >= 15 is 0 Å². The van der Waals surface area contributed by atoms with Gasteiger partial charge < -0.3 is 9.53 Å². The van der Waals surface area contributed by atoms with Gasteiger partial charge in [-0.05, 0) is 43.9 Å². The summed E-state index contributed by atoms with van der Waals surface area (Å²) in [5.41, 5.74) is -0.165. The topological polar surface area (TPSA) is 26.3 Å². The first kappa shape index (κ1) is 11.1.